The molecule has 2 rings (SSSR count). The van der Waals surface area contributed by atoms with Gasteiger partial charge in [0, 0.05) is 18.6 Å². The Labute approximate surface area is 94.2 Å². The molecule has 3 unspecified atom stereocenters. The minimum atomic E-state index is 0.440. The van der Waals surface area contributed by atoms with Gasteiger partial charge in [-0.25, -0.2) is 0 Å². The summed E-state index contributed by atoms with van der Waals surface area (Å²) in [6.45, 7) is 4.95. The fourth-order valence-corrected chi connectivity index (χ4v) is 3.22. The zero-order chi connectivity index (χ0) is 10.7. The van der Waals surface area contributed by atoms with Gasteiger partial charge in [-0.2, -0.15) is 0 Å². The molecule has 3 atom stereocenters. The zero-order valence-corrected chi connectivity index (χ0v) is 10.1. The largest absolute Gasteiger partial charge is 0.326 e. The third-order valence-corrected chi connectivity index (χ3v) is 4.21. The van der Waals surface area contributed by atoms with Gasteiger partial charge in [0.2, 0.25) is 0 Å². The molecule has 15 heavy (non-hydrogen) atoms. The fourth-order valence-electron chi connectivity index (χ4n) is 3.22. The maximum absolute atomic E-state index is 6.33. The number of rotatable bonds is 1. The lowest BCUT2D eigenvalue weighted by molar-refractivity contribution is 0.176. The van der Waals surface area contributed by atoms with E-state index in [2.05, 4.69) is 11.8 Å². The predicted octanol–water partition coefficient (Wildman–Crippen LogP) is 2.38. The lowest BCUT2D eigenvalue weighted by Gasteiger charge is -2.34. The Morgan fingerprint density at radius 1 is 1.00 bits per heavy atom. The Balaban J connectivity index is 1.91. The van der Waals surface area contributed by atoms with Crippen LogP contribution in [0, 0.1) is 5.92 Å². The van der Waals surface area contributed by atoms with Gasteiger partial charge in [-0.15, -0.1) is 0 Å². The first-order valence-corrected chi connectivity index (χ1v) is 6.77. The highest BCUT2D eigenvalue weighted by atomic mass is 15.2. The molecular weight excluding hydrogens is 184 g/mol. The molecule has 0 bridgehead atoms. The zero-order valence-electron chi connectivity index (χ0n) is 10.1. The van der Waals surface area contributed by atoms with Crippen LogP contribution in [0.15, 0.2) is 0 Å². The van der Waals surface area contributed by atoms with Gasteiger partial charge >= 0.3 is 0 Å². The molecule has 1 saturated carbocycles. The molecule has 0 aromatic heterocycles. The summed E-state index contributed by atoms with van der Waals surface area (Å²) in [7, 11) is 0. The molecule has 0 spiro atoms. The Morgan fingerprint density at radius 3 is 2.40 bits per heavy atom. The highest BCUT2D eigenvalue weighted by Gasteiger charge is 2.29. The third-order valence-electron chi connectivity index (χ3n) is 4.21. The highest BCUT2D eigenvalue weighted by Crippen LogP contribution is 2.25. The van der Waals surface area contributed by atoms with E-state index in [1.54, 1.807) is 0 Å². The van der Waals surface area contributed by atoms with Crippen molar-refractivity contribution in [2.75, 3.05) is 13.1 Å². The number of nitrogens with zero attached hydrogens (tertiary/aromatic N) is 1. The molecule has 1 aliphatic carbocycles. The maximum Gasteiger partial charge on any atom is 0.0247 e. The van der Waals surface area contributed by atoms with Crippen molar-refractivity contribution in [1.82, 2.24) is 4.90 Å². The molecule has 2 aliphatic rings. The molecule has 0 radical (unpaired) electrons. The summed E-state index contributed by atoms with van der Waals surface area (Å²) >= 11 is 0. The Morgan fingerprint density at radius 2 is 1.73 bits per heavy atom. The van der Waals surface area contributed by atoms with Crippen LogP contribution in [0.2, 0.25) is 0 Å². The third kappa shape index (κ3) is 2.94. The second-order valence-corrected chi connectivity index (χ2v) is 5.61. The summed E-state index contributed by atoms with van der Waals surface area (Å²) in [6, 6.07) is 1.13. The standard InChI is InChI=1S/C13H26N2/c1-11-8-9-15(10-11)13-7-5-3-2-4-6-12(13)14/h11-13H,2-10,14H2,1H3. The summed E-state index contributed by atoms with van der Waals surface area (Å²) < 4.78 is 0. The van der Waals surface area contributed by atoms with E-state index in [1.165, 1.54) is 58.0 Å². The average Bonchev–Trinajstić information content (AvgIpc) is 2.59. The average molecular weight is 210 g/mol. The molecule has 0 aromatic carbocycles. The van der Waals surface area contributed by atoms with E-state index in [0.717, 1.165) is 5.92 Å². The van der Waals surface area contributed by atoms with Crippen LogP contribution in [-0.2, 0) is 0 Å². The molecule has 2 fully saturated rings. The fraction of sp³-hybridized carbons (Fsp3) is 1.00. The van der Waals surface area contributed by atoms with Crippen molar-refractivity contribution < 1.29 is 0 Å². The Kier molecular flexibility index (Phi) is 4.04. The van der Waals surface area contributed by atoms with Gasteiger partial charge in [-0.05, 0) is 31.7 Å². The van der Waals surface area contributed by atoms with Crippen LogP contribution in [-0.4, -0.2) is 30.1 Å². The second-order valence-electron chi connectivity index (χ2n) is 5.61. The van der Waals surface area contributed by atoms with Gasteiger partial charge in [0.15, 0.2) is 0 Å². The first-order chi connectivity index (χ1) is 7.27. The summed E-state index contributed by atoms with van der Waals surface area (Å²) in [5.74, 6) is 0.891. The summed E-state index contributed by atoms with van der Waals surface area (Å²) in [5.41, 5.74) is 6.33. The molecule has 0 amide bonds. The molecule has 1 saturated heterocycles. The molecule has 2 N–H and O–H groups in total. The minimum Gasteiger partial charge on any atom is -0.326 e. The number of hydrogen-bond acceptors (Lipinski definition) is 2. The monoisotopic (exact) mass is 210 g/mol. The highest BCUT2D eigenvalue weighted by molar-refractivity contribution is 4.87. The molecule has 2 nitrogen and oxygen atoms in total. The van der Waals surface area contributed by atoms with E-state index in [4.69, 9.17) is 5.73 Å². The van der Waals surface area contributed by atoms with Gasteiger partial charge in [-0.1, -0.05) is 32.6 Å². The van der Waals surface area contributed by atoms with E-state index in [9.17, 15) is 0 Å². The van der Waals surface area contributed by atoms with Gasteiger partial charge in [0.05, 0.1) is 0 Å². The summed E-state index contributed by atoms with van der Waals surface area (Å²) in [4.78, 5) is 2.67. The van der Waals surface area contributed by atoms with Crippen molar-refractivity contribution in [2.45, 2.75) is 64.0 Å². The first-order valence-electron chi connectivity index (χ1n) is 6.77. The van der Waals surface area contributed by atoms with E-state index in [1.807, 2.05) is 0 Å². The lowest BCUT2D eigenvalue weighted by atomic mass is 9.92. The van der Waals surface area contributed by atoms with Crippen molar-refractivity contribution in [3.8, 4) is 0 Å². The van der Waals surface area contributed by atoms with Gasteiger partial charge < -0.3 is 5.73 Å². The van der Waals surface area contributed by atoms with Crippen LogP contribution in [0.5, 0.6) is 0 Å². The molecule has 88 valence electrons. The van der Waals surface area contributed by atoms with E-state index in [-0.39, 0.29) is 0 Å². The predicted molar refractivity (Wildman–Crippen MR) is 64.8 cm³/mol. The van der Waals surface area contributed by atoms with Crippen LogP contribution in [0.4, 0.5) is 0 Å². The van der Waals surface area contributed by atoms with Gasteiger partial charge in [0.25, 0.3) is 0 Å². The molecule has 1 heterocycles. The number of likely N-dealkylation sites (tertiary alicyclic amines) is 1. The van der Waals surface area contributed by atoms with E-state index < -0.39 is 0 Å². The molecule has 0 aromatic rings. The Bertz CT molecular complexity index is 193. The summed E-state index contributed by atoms with van der Waals surface area (Å²) in [5, 5.41) is 0. The van der Waals surface area contributed by atoms with Gasteiger partial charge in [-0.3, -0.25) is 4.90 Å². The molecule has 2 heteroatoms. The molecular formula is C13H26N2. The summed E-state index contributed by atoms with van der Waals surface area (Å²) in [6.07, 6.45) is 9.53. The normalized spacial score (nSPS) is 40.0. The van der Waals surface area contributed by atoms with Crippen LogP contribution in [0.25, 0.3) is 0 Å². The van der Waals surface area contributed by atoms with E-state index >= 15 is 0 Å². The lowest BCUT2D eigenvalue weighted by Crippen LogP contribution is -2.47. The number of nitrogens with two attached hydrogens (primary N) is 1. The quantitative estimate of drug-likeness (QED) is 0.720. The van der Waals surface area contributed by atoms with Crippen molar-refractivity contribution >= 4 is 0 Å². The minimum absolute atomic E-state index is 0.440. The van der Waals surface area contributed by atoms with Gasteiger partial charge in [0.1, 0.15) is 0 Å². The smallest absolute Gasteiger partial charge is 0.0247 e. The SMILES string of the molecule is CC1CCN(C2CCCCCCC2N)C1. The molecule has 1 aliphatic heterocycles. The van der Waals surface area contributed by atoms with Crippen LogP contribution < -0.4 is 5.73 Å². The first kappa shape index (κ1) is 11.4. The van der Waals surface area contributed by atoms with E-state index in [0.29, 0.717) is 12.1 Å². The van der Waals surface area contributed by atoms with Crippen molar-refractivity contribution in [1.29, 1.82) is 0 Å². The van der Waals surface area contributed by atoms with Crippen molar-refractivity contribution in [3.05, 3.63) is 0 Å². The topological polar surface area (TPSA) is 29.3 Å². The van der Waals surface area contributed by atoms with Crippen molar-refractivity contribution in [2.24, 2.45) is 11.7 Å². The van der Waals surface area contributed by atoms with Crippen LogP contribution >= 0.6 is 0 Å². The van der Waals surface area contributed by atoms with Crippen molar-refractivity contribution in [3.63, 3.8) is 0 Å². The number of hydrogen-bond donors (Lipinski definition) is 1. The van der Waals surface area contributed by atoms with Crippen LogP contribution in [0.1, 0.15) is 51.9 Å². The Hall–Kier alpha value is -0.0800. The second kappa shape index (κ2) is 5.31. The maximum atomic E-state index is 6.33. The van der Waals surface area contributed by atoms with Crippen LogP contribution in [0.3, 0.4) is 0 Å².